The summed E-state index contributed by atoms with van der Waals surface area (Å²) in [7, 11) is 0. The number of thiazole rings is 1. The van der Waals surface area contributed by atoms with Gasteiger partial charge in [-0.1, -0.05) is 35.2 Å². The zero-order valence-corrected chi connectivity index (χ0v) is 23.0. The third-order valence-electron chi connectivity index (χ3n) is 6.69. The SMILES string of the molecule is Cc1ccnc(Nc2ncc(Sc3ccnc(C(=O)NCC4(Cc5ccc(F)cc5)CCNCC4)c3F)s2)c1. The van der Waals surface area contributed by atoms with Crippen LogP contribution in [0, 0.1) is 24.0 Å². The molecule has 3 N–H and O–H groups in total. The van der Waals surface area contributed by atoms with E-state index in [1.165, 1.54) is 41.4 Å². The lowest BCUT2D eigenvalue weighted by molar-refractivity contribution is 0.0903. The molecule has 1 aliphatic heterocycles. The topological polar surface area (TPSA) is 91.8 Å². The molecule has 1 fully saturated rings. The molecular formula is C28H28F2N6OS2. The number of nitrogens with zero attached hydrogens (tertiary/aromatic N) is 3. The molecule has 1 aromatic carbocycles. The van der Waals surface area contributed by atoms with E-state index in [-0.39, 0.29) is 16.9 Å². The first-order chi connectivity index (χ1) is 18.9. The fourth-order valence-corrected chi connectivity index (χ4v) is 6.48. The molecule has 4 heterocycles. The summed E-state index contributed by atoms with van der Waals surface area (Å²) in [6.07, 6.45) is 7.20. The van der Waals surface area contributed by atoms with Crippen molar-refractivity contribution in [2.45, 2.75) is 35.3 Å². The Balaban J connectivity index is 1.25. The van der Waals surface area contributed by atoms with Gasteiger partial charge in [0, 0.05) is 18.9 Å². The van der Waals surface area contributed by atoms with Crippen molar-refractivity contribution in [2.24, 2.45) is 5.41 Å². The van der Waals surface area contributed by atoms with Crippen molar-refractivity contribution < 1.29 is 13.6 Å². The largest absolute Gasteiger partial charge is 0.350 e. The van der Waals surface area contributed by atoms with E-state index >= 15 is 4.39 Å². The van der Waals surface area contributed by atoms with E-state index in [1.807, 2.05) is 19.1 Å². The van der Waals surface area contributed by atoms with Crippen LogP contribution in [0.2, 0.25) is 0 Å². The highest BCUT2D eigenvalue weighted by molar-refractivity contribution is 8.01. The minimum atomic E-state index is -0.666. The summed E-state index contributed by atoms with van der Waals surface area (Å²) in [5, 5.41) is 10.1. The normalized spacial score (nSPS) is 14.6. The number of nitrogens with one attached hydrogen (secondary N) is 3. The van der Waals surface area contributed by atoms with Crippen molar-refractivity contribution in [3.8, 4) is 0 Å². The number of benzene rings is 1. The number of hydrogen-bond donors (Lipinski definition) is 3. The van der Waals surface area contributed by atoms with Crippen molar-refractivity contribution in [3.63, 3.8) is 0 Å². The van der Waals surface area contributed by atoms with Gasteiger partial charge in [0.25, 0.3) is 5.91 Å². The van der Waals surface area contributed by atoms with Crippen LogP contribution in [0.1, 0.15) is 34.5 Å². The minimum absolute atomic E-state index is 0.209. The Bertz CT molecular complexity index is 1440. The molecule has 0 atom stereocenters. The maximum Gasteiger partial charge on any atom is 0.272 e. The average molecular weight is 567 g/mol. The summed E-state index contributed by atoms with van der Waals surface area (Å²) in [4.78, 5) is 26.0. The number of carbonyl (C=O) groups is 1. The molecule has 7 nitrogen and oxygen atoms in total. The molecule has 3 aromatic heterocycles. The summed E-state index contributed by atoms with van der Waals surface area (Å²) >= 11 is 2.56. The fraction of sp³-hybridized carbons (Fsp3) is 0.286. The maximum absolute atomic E-state index is 15.4. The maximum atomic E-state index is 15.4. The summed E-state index contributed by atoms with van der Waals surface area (Å²) in [6.45, 7) is 4.00. The highest BCUT2D eigenvalue weighted by Gasteiger charge is 2.33. The molecule has 11 heteroatoms. The van der Waals surface area contributed by atoms with Crippen LogP contribution in [0.15, 0.2) is 70.2 Å². The lowest BCUT2D eigenvalue weighted by atomic mass is 9.74. The summed E-state index contributed by atoms with van der Waals surface area (Å²) in [5.41, 5.74) is 1.63. The van der Waals surface area contributed by atoms with Crippen molar-refractivity contribution in [2.75, 3.05) is 25.0 Å². The molecule has 5 rings (SSSR count). The lowest BCUT2D eigenvalue weighted by Crippen LogP contribution is -2.46. The van der Waals surface area contributed by atoms with Crippen LogP contribution in [0.25, 0.3) is 0 Å². The fourth-order valence-electron chi connectivity index (χ4n) is 4.61. The van der Waals surface area contributed by atoms with Crippen LogP contribution in [0.4, 0.5) is 19.7 Å². The molecule has 1 amide bonds. The predicted octanol–water partition coefficient (Wildman–Crippen LogP) is 5.76. The second-order valence-electron chi connectivity index (χ2n) is 9.64. The van der Waals surface area contributed by atoms with Gasteiger partial charge in [-0.15, -0.1) is 0 Å². The Hall–Kier alpha value is -3.41. The Morgan fingerprint density at radius 3 is 2.62 bits per heavy atom. The zero-order valence-electron chi connectivity index (χ0n) is 21.3. The van der Waals surface area contributed by atoms with E-state index in [4.69, 9.17) is 0 Å². The predicted molar refractivity (Wildman–Crippen MR) is 150 cm³/mol. The van der Waals surface area contributed by atoms with Crippen molar-refractivity contribution in [3.05, 3.63) is 89.5 Å². The molecule has 0 aliphatic carbocycles. The van der Waals surface area contributed by atoms with Crippen LogP contribution in [0.3, 0.4) is 0 Å². The lowest BCUT2D eigenvalue weighted by Gasteiger charge is -2.38. The third-order valence-corrected chi connectivity index (χ3v) is 8.74. The Labute approximate surface area is 233 Å². The molecule has 0 spiro atoms. The molecule has 0 unspecified atom stereocenters. The summed E-state index contributed by atoms with van der Waals surface area (Å²) < 4.78 is 29.6. The number of carbonyl (C=O) groups excluding carboxylic acids is 1. The highest BCUT2D eigenvalue weighted by Crippen LogP contribution is 2.37. The van der Waals surface area contributed by atoms with Gasteiger partial charge in [0.15, 0.2) is 16.6 Å². The quantitative estimate of drug-likeness (QED) is 0.237. The number of halogens is 2. The van der Waals surface area contributed by atoms with Crippen molar-refractivity contribution in [1.82, 2.24) is 25.6 Å². The minimum Gasteiger partial charge on any atom is -0.350 e. The van der Waals surface area contributed by atoms with Crippen LogP contribution >= 0.6 is 23.1 Å². The number of pyridine rings is 2. The van der Waals surface area contributed by atoms with Gasteiger partial charge in [-0.05, 0) is 86.1 Å². The molecular weight excluding hydrogens is 538 g/mol. The molecule has 202 valence electrons. The number of anilines is 2. The smallest absolute Gasteiger partial charge is 0.272 e. The summed E-state index contributed by atoms with van der Waals surface area (Å²) in [5.74, 6) is -0.814. The van der Waals surface area contributed by atoms with Gasteiger partial charge in [-0.25, -0.2) is 23.7 Å². The molecule has 1 saturated heterocycles. The van der Waals surface area contributed by atoms with Gasteiger partial charge in [0.1, 0.15) is 11.6 Å². The standard InChI is InChI=1S/C28H28F2N6OS2/c1-18-6-10-32-22(14-18)36-27-34-16-23(39-27)38-21-7-11-33-25(24(21)30)26(37)35-17-28(8-12-31-13-9-28)15-19-2-4-20(29)5-3-19/h2-7,10-11,14,16,31H,8-9,12-13,15,17H2,1H3,(H,35,37)(H,32,34,36). The van der Waals surface area contributed by atoms with E-state index < -0.39 is 11.7 Å². The van der Waals surface area contributed by atoms with Crippen LogP contribution < -0.4 is 16.0 Å². The van der Waals surface area contributed by atoms with E-state index in [0.717, 1.165) is 41.3 Å². The van der Waals surface area contributed by atoms with E-state index in [0.29, 0.717) is 28.8 Å². The number of amides is 1. The Kier molecular flexibility index (Phi) is 8.49. The van der Waals surface area contributed by atoms with Crippen molar-refractivity contribution in [1.29, 1.82) is 0 Å². The van der Waals surface area contributed by atoms with E-state index in [1.54, 1.807) is 30.6 Å². The molecule has 0 bridgehead atoms. The zero-order chi connectivity index (χ0) is 27.2. The van der Waals surface area contributed by atoms with Gasteiger partial charge in [-0.3, -0.25) is 4.79 Å². The molecule has 0 saturated carbocycles. The number of aromatic nitrogens is 3. The first-order valence-electron chi connectivity index (χ1n) is 12.6. The first kappa shape index (κ1) is 27.2. The van der Waals surface area contributed by atoms with E-state index in [9.17, 15) is 9.18 Å². The van der Waals surface area contributed by atoms with Crippen molar-refractivity contribution >= 4 is 40.0 Å². The van der Waals surface area contributed by atoms with E-state index in [2.05, 4.69) is 30.9 Å². The molecule has 4 aromatic rings. The van der Waals surface area contributed by atoms with Crippen LogP contribution in [0.5, 0.6) is 0 Å². The number of hydrogen-bond acceptors (Lipinski definition) is 8. The Morgan fingerprint density at radius 2 is 1.85 bits per heavy atom. The van der Waals surface area contributed by atoms with Gasteiger partial charge < -0.3 is 16.0 Å². The number of piperidine rings is 1. The van der Waals surface area contributed by atoms with Gasteiger partial charge in [-0.2, -0.15) is 0 Å². The highest BCUT2D eigenvalue weighted by atomic mass is 32.2. The number of aryl methyl sites for hydroxylation is 1. The van der Waals surface area contributed by atoms with Gasteiger partial charge >= 0.3 is 0 Å². The second kappa shape index (κ2) is 12.2. The van der Waals surface area contributed by atoms with Gasteiger partial charge in [0.2, 0.25) is 0 Å². The molecule has 39 heavy (non-hydrogen) atoms. The average Bonchev–Trinajstić information content (AvgIpc) is 3.37. The third kappa shape index (κ3) is 6.97. The van der Waals surface area contributed by atoms with Crippen LogP contribution in [-0.2, 0) is 6.42 Å². The number of rotatable bonds is 9. The molecule has 0 radical (unpaired) electrons. The first-order valence-corrected chi connectivity index (χ1v) is 14.2. The monoisotopic (exact) mass is 566 g/mol. The second-order valence-corrected chi connectivity index (χ2v) is 12.0. The summed E-state index contributed by atoms with van der Waals surface area (Å²) in [6, 6.07) is 11.8. The van der Waals surface area contributed by atoms with Crippen LogP contribution in [-0.4, -0.2) is 40.5 Å². The Morgan fingerprint density at radius 1 is 1.08 bits per heavy atom. The molecule has 1 aliphatic rings. The van der Waals surface area contributed by atoms with Gasteiger partial charge in [0.05, 0.1) is 15.3 Å².